The van der Waals surface area contributed by atoms with Gasteiger partial charge in [0.1, 0.15) is 5.52 Å². The average molecular weight is 252 g/mol. The Morgan fingerprint density at radius 1 is 1.29 bits per heavy atom. The van der Waals surface area contributed by atoms with Crippen LogP contribution in [0.25, 0.3) is 11.1 Å². The summed E-state index contributed by atoms with van der Waals surface area (Å²) < 4.78 is 5.79. The van der Waals surface area contributed by atoms with Crippen molar-refractivity contribution in [2.24, 2.45) is 5.41 Å². The van der Waals surface area contributed by atoms with E-state index in [9.17, 15) is 0 Å². The molecule has 0 unspecified atom stereocenters. The lowest BCUT2D eigenvalue weighted by Gasteiger charge is -2.14. The van der Waals surface area contributed by atoms with Gasteiger partial charge in [0, 0.05) is 11.4 Å². The molecule has 0 aliphatic carbocycles. The van der Waals surface area contributed by atoms with Crippen LogP contribution in [0.15, 0.2) is 10.5 Å². The quantitative estimate of drug-likeness (QED) is 0.735. The van der Waals surface area contributed by atoms with Gasteiger partial charge in [0.2, 0.25) is 0 Å². The van der Waals surface area contributed by atoms with Gasteiger partial charge in [-0.2, -0.15) is 0 Å². The molecule has 0 aliphatic rings. The molecule has 2 rings (SSSR count). The third kappa shape index (κ3) is 2.47. The van der Waals surface area contributed by atoms with E-state index in [1.807, 2.05) is 19.9 Å². The van der Waals surface area contributed by atoms with Crippen LogP contribution in [0.3, 0.4) is 0 Å². The van der Waals surface area contributed by atoms with E-state index < -0.39 is 0 Å². The topological polar surface area (TPSA) is 26.0 Å². The highest BCUT2D eigenvalue weighted by molar-refractivity contribution is 6.33. The molecular weight excluding hydrogens is 234 g/mol. The van der Waals surface area contributed by atoms with E-state index in [0.717, 1.165) is 39.6 Å². The van der Waals surface area contributed by atoms with Crippen molar-refractivity contribution in [1.82, 2.24) is 4.98 Å². The molecule has 0 amide bonds. The Morgan fingerprint density at radius 2 is 1.94 bits per heavy atom. The second-order valence-electron chi connectivity index (χ2n) is 5.82. The molecule has 0 spiro atoms. The molecule has 0 N–H and O–H groups in total. The van der Waals surface area contributed by atoms with Gasteiger partial charge in [0.25, 0.3) is 0 Å². The number of hydrogen-bond acceptors (Lipinski definition) is 2. The van der Waals surface area contributed by atoms with Crippen molar-refractivity contribution < 1.29 is 4.42 Å². The minimum atomic E-state index is 0.174. The van der Waals surface area contributed by atoms with Gasteiger partial charge in [-0.3, -0.25) is 0 Å². The van der Waals surface area contributed by atoms with E-state index in [2.05, 4.69) is 25.8 Å². The van der Waals surface area contributed by atoms with Crippen molar-refractivity contribution in [3.63, 3.8) is 0 Å². The molecule has 1 heterocycles. The number of benzene rings is 1. The summed E-state index contributed by atoms with van der Waals surface area (Å²) in [5.41, 5.74) is 3.94. The summed E-state index contributed by atoms with van der Waals surface area (Å²) in [6.45, 7) is 10.5. The molecular formula is C14H18ClNO. The van der Waals surface area contributed by atoms with Crippen molar-refractivity contribution in [1.29, 1.82) is 0 Å². The van der Waals surface area contributed by atoms with Crippen LogP contribution in [0, 0.1) is 19.3 Å². The molecule has 0 fully saturated rings. The molecule has 0 atom stereocenters. The molecule has 2 aromatic rings. The second-order valence-corrected chi connectivity index (χ2v) is 6.20. The Bertz CT molecular complexity index is 564. The minimum Gasteiger partial charge on any atom is -0.441 e. The zero-order valence-electron chi connectivity index (χ0n) is 11.0. The minimum absolute atomic E-state index is 0.174. The van der Waals surface area contributed by atoms with Gasteiger partial charge in [-0.05, 0) is 36.5 Å². The molecule has 0 radical (unpaired) electrons. The maximum Gasteiger partial charge on any atom is 0.196 e. The molecule has 1 aromatic carbocycles. The van der Waals surface area contributed by atoms with E-state index in [4.69, 9.17) is 16.0 Å². The molecule has 1 aromatic heterocycles. The summed E-state index contributed by atoms with van der Waals surface area (Å²) in [4.78, 5) is 4.55. The molecule has 92 valence electrons. The number of fused-ring (bicyclic) bond motifs is 1. The maximum absolute atomic E-state index is 6.22. The van der Waals surface area contributed by atoms with Crippen LogP contribution < -0.4 is 0 Å². The number of aryl methyl sites for hydroxylation is 2. The third-order valence-corrected chi connectivity index (χ3v) is 3.34. The maximum atomic E-state index is 6.22. The van der Waals surface area contributed by atoms with Crippen LogP contribution in [-0.4, -0.2) is 4.98 Å². The Morgan fingerprint density at radius 3 is 2.53 bits per heavy atom. The molecule has 17 heavy (non-hydrogen) atoms. The van der Waals surface area contributed by atoms with Crippen LogP contribution >= 0.6 is 11.6 Å². The summed E-state index contributed by atoms with van der Waals surface area (Å²) in [5, 5.41) is 0.785. The van der Waals surface area contributed by atoms with E-state index in [1.165, 1.54) is 0 Å². The fourth-order valence-electron chi connectivity index (χ4n) is 1.93. The Balaban J connectivity index is 2.55. The van der Waals surface area contributed by atoms with Gasteiger partial charge in [-0.15, -0.1) is 0 Å². The van der Waals surface area contributed by atoms with Crippen molar-refractivity contribution in [2.45, 2.75) is 41.0 Å². The molecule has 0 bridgehead atoms. The zero-order valence-corrected chi connectivity index (χ0v) is 11.8. The van der Waals surface area contributed by atoms with Gasteiger partial charge in [0.15, 0.2) is 11.5 Å². The summed E-state index contributed by atoms with van der Waals surface area (Å²) in [5.74, 6) is 0.789. The second kappa shape index (κ2) is 4.02. The van der Waals surface area contributed by atoms with Crippen molar-refractivity contribution >= 4 is 22.7 Å². The lowest BCUT2D eigenvalue weighted by atomic mass is 9.92. The first-order chi connectivity index (χ1) is 7.78. The van der Waals surface area contributed by atoms with Crippen LogP contribution in [0.5, 0.6) is 0 Å². The lowest BCUT2D eigenvalue weighted by Crippen LogP contribution is -2.09. The van der Waals surface area contributed by atoms with Crippen molar-refractivity contribution in [3.05, 3.63) is 28.1 Å². The first kappa shape index (κ1) is 12.4. The zero-order chi connectivity index (χ0) is 12.8. The van der Waals surface area contributed by atoms with E-state index >= 15 is 0 Å². The molecule has 0 aliphatic heterocycles. The monoisotopic (exact) mass is 251 g/mol. The fourth-order valence-corrected chi connectivity index (χ4v) is 2.08. The average Bonchev–Trinajstić information content (AvgIpc) is 2.54. The number of halogens is 1. The number of nitrogens with zero attached hydrogens (tertiary/aromatic N) is 1. The number of oxazole rings is 1. The number of aromatic nitrogens is 1. The number of hydrogen-bond donors (Lipinski definition) is 0. The van der Waals surface area contributed by atoms with E-state index in [1.54, 1.807) is 0 Å². The van der Waals surface area contributed by atoms with Crippen molar-refractivity contribution in [3.8, 4) is 0 Å². The molecule has 3 heteroatoms. The van der Waals surface area contributed by atoms with Gasteiger partial charge >= 0.3 is 0 Å². The Labute approximate surface area is 107 Å². The van der Waals surface area contributed by atoms with Gasteiger partial charge < -0.3 is 4.42 Å². The summed E-state index contributed by atoms with van der Waals surface area (Å²) in [6.07, 6.45) is 0.831. The van der Waals surface area contributed by atoms with Crippen molar-refractivity contribution in [2.75, 3.05) is 0 Å². The van der Waals surface area contributed by atoms with Gasteiger partial charge in [-0.1, -0.05) is 32.4 Å². The summed E-state index contributed by atoms with van der Waals surface area (Å²) >= 11 is 6.22. The van der Waals surface area contributed by atoms with Crippen LogP contribution in [0.1, 0.15) is 37.8 Å². The normalized spacial score (nSPS) is 12.4. The van der Waals surface area contributed by atoms with Crippen LogP contribution in [-0.2, 0) is 6.42 Å². The largest absolute Gasteiger partial charge is 0.441 e. The van der Waals surface area contributed by atoms with E-state index in [0.29, 0.717) is 0 Å². The predicted octanol–water partition coefficient (Wildman–Crippen LogP) is 4.69. The Hall–Kier alpha value is -1.02. The molecule has 0 saturated heterocycles. The molecule has 0 saturated carbocycles. The van der Waals surface area contributed by atoms with E-state index in [-0.39, 0.29) is 5.41 Å². The summed E-state index contributed by atoms with van der Waals surface area (Å²) in [7, 11) is 0. The SMILES string of the molecule is Cc1cc2oc(CC(C)(C)C)nc2c(C)c1Cl. The highest BCUT2D eigenvalue weighted by Crippen LogP contribution is 2.30. The van der Waals surface area contributed by atoms with Crippen LogP contribution in [0.4, 0.5) is 0 Å². The highest BCUT2D eigenvalue weighted by atomic mass is 35.5. The number of rotatable bonds is 1. The van der Waals surface area contributed by atoms with Gasteiger partial charge in [-0.25, -0.2) is 4.98 Å². The Kier molecular flexibility index (Phi) is 2.94. The predicted molar refractivity (Wildman–Crippen MR) is 71.7 cm³/mol. The fraction of sp³-hybridized carbons (Fsp3) is 0.500. The molecule has 2 nitrogen and oxygen atoms in total. The third-order valence-electron chi connectivity index (χ3n) is 2.76. The lowest BCUT2D eigenvalue weighted by molar-refractivity contribution is 0.362. The van der Waals surface area contributed by atoms with Gasteiger partial charge in [0.05, 0.1) is 0 Å². The smallest absolute Gasteiger partial charge is 0.196 e. The first-order valence-corrected chi connectivity index (χ1v) is 6.21. The highest BCUT2D eigenvalue weighted by Gasteiger charge is 2.18. The first-order valence-electron chi connectivity index (χ1n) is 5.83. The van der Waals surface area contributed by atoms with Crippen LogP contribution in [0.2, 0.25) is 5.02 Å². The summed E-state index contributed by atoms with van der Waals surface area (Å²) in [6, 6.07) is 1.96. The standard InChI is InChI=1S/C14H18ClNO/c1-8-6-10-13(9(2)12(8)15)16-11(17-10)7-14(3,4)5/h6H,7H2,1-5H3.